The SMILES string of the molecule is CC(C)(C)CCS(=O)(=O)Nc1ccc(S(N)(=O)=O)cc1. The zero-order valence-corrected chi connectivity index (χ0v) is 13.4. The Morgan fingerprint density at radius 3 is 1.95 bits per heavy atom. The molecule has 1 aromatic rings. The van der Waals surface area contributed by atoms with Crippen molar-refractivity contribution in [3.05, 3.63) is 24.3 Å². The fourth-order valence-electron chi connectivity index (χ4n) is 1.38. The molecule has 0 unspecified atom stereocenters. The highest BCUT2D eigenvalue weighted by Gasteiger charge is 2.17. The van der Waals surface area contributed by atoms with Crippen LogP contribution < -0.4 is 9.86 Å². The van der Waals surface area contributed by atoms with E-state index < -0.39 is 20.0 Å². The maximum atomic E-state index is 11.9. The number of hydrogen-bond donors (Lipinski definition) is 2. The summed E-state index contributed by atoms with van der Waals surface area (Å²) in [5, 5.41) is 4.96. The minimum absolute atomic E-state index is 0.00738. The molecule has 0 spiro atoms. The summed E-state index contributed by atoms with van der Waals surface area (Å²) in [4.78, 5) is -0.0601. The molecule has 6 nitrogen and oxygen atoms in total. The Morgan fingerprint density at radius 2 is 1.55 bits per heavy atom. The van der Waals surface area contributed by atoms with Gasteiger partial charge in [0.25, 0.3) is 0 Å². The Labute approximate surface area is 120 Å². The topological polar surface area (TPSA) is 106 Å². The van der Waals surface area contributed by atoms with E-state index in [1.54, 1.807) is 0 Å². The lowest BCUT2D eigenvalue weighted by Crippen LogP contribution is -2.21. The number of nitrogens with one attached hydrogen (secondary N) is 1. The van der Waals surface area contributed by atoms with Gasteiger partial charge in [0.2, 0.25) is 20.0 Å². The van der Waals surface area contributed by atoms with Crippen LogP contribution in [0.25, 0.3) is 0 Å². The Morgan fingerprint density at radius 1 is 1.05 bits per heavy atom. The molecule has 1 aromatic carbocycles. The molecule has 0 atom stereocenters. The van der Waals surface area contributed by atoms with E-state index in [2.05, 4.69) is 4.72 Å². The van der Waals surface area contributed by atoms with Crippen LogP contribution in [0.15, 0.2) is 29.2 Å². The van der Waals surface area contributed by atoms with Crippen LogP contribution in [0.5, 0.6) is 0 Å². The van der Waals surface area contributed by atoms with E-state index in [9.17, 15) is 16.8 Å². The summed E-state index contributed by atoms with van der Waals surface area (Å²) in [5.74, 6) is 0.00738. The summed E-state index contributed by atoms with van der Waals surface area (Å²) in [6.07, 6.45) is 0.525. The fourth-order valence-corrected chi connectivity index (χ4v) is 3.38. The van der Waals surface area contributed by atoms with Gasteiger partial charge in [-0.3, -0.25) is 4.72 Å². The lowest BCUT2D eigenvalue weighted by Gasteiger charge is -2.18. The lowest BCUT2D eigenvalue weighted by atomic mass is 9.94. The van der Waals surface area contributed by atoms with Crippen molar-refractivity contribution in [2.75, 3.05) is 10.5 Å². The van der Waals surface area contributed by atoms with Gasteiger partial charge in [-0.15, -0.1) is 0 Å². The van der Waals surface area contributed by atoms with Gasteiger partial charge < -0.3 is 0 Å². The van der Waals surface area contributed by atoms with Crippen molar-refractivity contribution >= 4 is 25.7 Å². The first-order valence-corrected chi connectivity index (χ1v) is 9.22. The quantitative estimate of drug-likeness (QED) is 0.857. The predicted molar refractivity (Wildman–Crippen MR) is 79.3 cm³/mol. The van der Waals surface area contributed by atoms with E-state index in [0.29, 0.717) is 12.1 Å². The number of anilines is 1. The molecule has 0 saturated carbocycles. The summed E-state index contributed by atoms with van der Waals surface area (Å²) in [5.41, 5.74) is 0.234. The second-order valence-electron chi connectivity index (χ2n) is 5.80. The van der Waals surface area contributed by atoms with E-state index in [-0.39, 0.29) is 16.1 Å². The van der Waals surface area contributed by atoms with Gasteiger partial charge in [-0.1, -0.05) is 20.8 Å². The number of sulfonamides is 2. The van der Waals surface area contributed by atoms with Crippen molar-refractivity contribution in [2.45, 2.75) is 32.1 Å². The van der Waals surface area contributed by atoms with Crippen LogP contribution in [-0.2, 0) is 20.0 Å². The van der Waals surface area contributed by atoms with Crippen LogP contribution in [0.2, 0.25) is 0 Å². The molecule has 0 fully saturated rings. The van der Waals surface area contributed by atoms with Gasteiger partial charge in [0.05, 0.1) is 10.6 Å². The third kappa shape index (κ3) is 5.89. The van der Waals surface area contributed by atoms with Gasteiger partial charge in [0.15, 0.2) is 0 Å². The van der Waals surface area contributed by atoms with E-state index >= 15 is 0 Å². The summed E-state index contributed by atoms with van der Waals surface area (Å²) < 4.78 is 48.3. The summed E-state index contributed by atoms with van der Waals surface area (Å²) in [7, 11) is -7.22. The molecule has 0 radical (unpaired) electrons. The maximum absolute atomic E-state index is 11.9. The van der Waals surface area contributed by atoms with Crippen molar-refractivity contribution in [3.8, 4) is 0 Å². The minimum atomic E-state index is -3.77. The van der Waals surface area contributed by atoms with Crippen molar-refractivity contribution in [1.82, 2.24) is 0 Å². The number of nitrogens with two attached hydrogens (primary N) is 1. The monoisotopic (exact) mass is 320 g/mol. The molecule has 0 amide bonds. The molecule has 3 N–H and O–H groups in total. The standard InChI is InChI=1S/C12H20N2O4S2/c1-12(2,3)8-9-19(15,16)14-10-4-6-11(7-5-10)20(13,17)18/h4-7,14H,8-9H2,1-3H3,(H2,13,17,18). The molecule has 8 heteroatoms. The minimum Gasteiger partial charge on any atom is -0.284 e. The largest absolute Gasteiger partial charge is 0.284 e. The zero-order valence-electron chi connectivity index (χ0n) is 11.8. The van der Waals surface area contributed by atoms with Crippen LogP contribution in [0.1, 0.15) is 27.2 Å². The molecular weight excluding hydrogens is 300 g/mol. The van der Waals surface area contributed by atoms with Gasteiger partial charge in [-0.05, 0) is 36.1 Å². The van der Waals surface area contributed by atoms with Crippen molar-refractivity contribution < 1.29 is 16.8 Å². The number of primary sulfonamides is 1. The molecule has 20 heavy (non-hydrogen) atoms. The first-order valence-electron chi connectivity index (χ1n) is 6.02. The molecule has 0 heterocycles. The Kier molecular flexibility index (Phi) is 4.83. The average Bonchev–Trinajstić information content (AvgIpc) is 2.25. The Bertz CT molecular complexity index is 656. The van der Waals surface area contributed by atoms with Crippen LogP contribution in [-0.4, -0.2) is 22.6 Å². The molecule has 0 aliphatic heterocycles. The highest BCUT2D eigenvalue weighted by Crippen LogP contribution is 2.20. The van der Waals surface area contributed by atoms with E-state index in [4.69, 9.17) is 5.14 Å². The zero-order chi connectivity index (χ0) is 15.6. The lowest BCUT2D eigenvalue weighted by molar-refractivity contribution is 0.397. The number of rotatable bonds is 5. The third-order valence-electron chi connectivity index (χ3n) is 2.58. The van der Waals surface area contributed by atoms with Gasteiger partial charge in [0.1, 0.15) is 0 Å². The van der Waals surface area contributed by atoms with Crippen LogP contribution >= 0.6 is 0 Å². The fraction of sp³-hybridized carbons (Fsp3) is 0.500. The second kappa shape index (κ2) is 5.71. The Hall–Kier alpha value is -1.12. The van der Waals surface area contributed by atoms with Crippen LogP contribution in [0, 0.1) is 5.41 Å². The van der Waals surface area contributed by atoms with Crippen molar-refractivity contribution in [1.29, 1.82) is 0 Å². The van der Waals surface area contributed by atoms with Gasteiger partial charge in [0, 0.05) is 5.69 Å². The van der Waals surface area contributed by atoms with Crippen molar-refractivity contribution in [3.63, 3.8) is 0 Å². The van der Waals surface area contributed by atoms with E-state index in [1.807, 2.05) is 20.8 Å². The summed E-state index contributed by atoms with van der Waals surface area (Å²) >= 11 is 0. The highest BCUT2D eigenvalue weighted by atomic mass is 32.2. The van der Waals surface area contributed by atoms with E-state index in [0.717, 1.165) is 0 Å². The summed E-state index contributed by atoms with van der Waals surface area (Å²) in [6, 6.07) is 5.26. The molecule has 0 aliphatic carbocycles. The first-order chi connectivity index (χ1) is 8.89. The third-order valence-corrected chi connectivity index (χ3v) is 4.79. The average molecular weight is 320 g/mol. The molecule has 0 aliphatic rings. The van der Waals surface area contributed by atoms with E-state index in [1.165, 1.54) is 24.3 Å². The summed E-state index contributed by atoms with van der Waals surface area (Å²) in [6.45, 7) is 5.89. The molecule has 114 valence electrons. The molecule has 0 saturated heterocycles. The second-order valence-corrected chi connectivity index (χ2v) is 9.20. The van der Waals surface area contributed by atoms with Gasteiger partial charge in [-0.25, -0.2) is 22.0 Å². The predicted octanol–water partition coefficient (Wildman–Crippen LogP) is 1.51. The highest BCUT2D eigenvalue weighted by molar-refractivity contribution is 7.92. The smallest absolute Gasteiger partial charge is 0.238 e. The maximum Gasteiger partial charge on any atom is 0.238 e. The number of benzene rings is 1. The molecule has 0 aromatic heterocycles. The van der Waals surface area contributed by atoms with Gasteiger partial charge >= 0.3 is 0 Å². The molecular formula is C12H20N2O4S2. The van der Waals surface area contributed by atoms with Crippen LogP contribution in [0.4, 0.5) is 5.69 Å². The van der Waals surface area contributed by atoms with Gasteiger partial charge in [-0.2, -0.15) is 0 Å². The molecule has 0 bridgehead atoms. The molecule has 1 rings (SSSR count). The normalized spacial score (nSPS) is 13.2. The first kappa shape index (κ1) is 16.9. The Balaban J connectivity index is 2.78. The van der Waals surface area contributed by atoms with Crippen LogP contribution in [0.3, 0.4) is 0 Å². The van der Waals surface area contributed by atoms with Crippen molar-refractivity contribution in [2.24, 2.45) is 10.6 Å². The number of hydrogen-bond acceptors (Lipinski definition) is 4.